The molecule has 166 valence electrons. The minimum absolute atomic E-state index is 0.0681. The summed E-state index contributed by atoms with van der Waals surface area (Å²) in [5.74, 6) is 0.0216. The summed E-state index contributed by atoms with van der Waals surface area (Å²) >= 11 is 6.04. The Balaban J connectivity index is 1.74. The van der Waals surface area contributed by atoms with Gasteiger partial charge in [-0.15, -0.1) is 0 Å². The van der Waals surface area contributed by atoms with Gasteiger partial charge in [0.05, 0.1) is 15.9 Å². The van der Waals surface area contributed by atoms with Crippen molar-refractivity contribution in [3.63, 3.8) is 0 Å². The number of halogens is 2. The zero-order valence-electron chi connectivity index (χ0n) is 17.8. The Labute approximate surface area is 186 Å². The zero-order chi connectivity index (χ0) is 22.9. The van der Waals surface area contributed by atoms with Gasteiger partial charge in [-0.3, -0.25) is 4.79 Å². The van der Waals surface area contributed by atoms with E-state index in [1.807, 2.05) is 11.6 Å². The zero-order valence-corrected chi connectivity index (χ0v) is 19.3. The molecule has 0 unspecified atom stereocenters. The first kappa shape index (κ1) is 23.2. The van der Waals surface area contributed by atoms with Gasteiger partial charge in [-0.05, 0) is 30.3 Å². The van der Waals surface area contributed by atoms with Crippen molar-refractivity contribution in [2.24, 2.45) is 7.05 Å². The first-order valence-corrected chi connectivity index (χ1v) is 11.4. The van der Waals surface area contributed by atoms with Gasteiger partial charge in [-0.1, -0.05) is 17.7 Å². The van der Waals surface area contributed by atoms with Crippen molar-refractivity contribution in [3.05, 3.63) is 58.6 Å². The summed E-state index contributed by atoms with van der Waals surface area (Å²) in [5, 5.41) is 0.276. The molecular weight excluding hydrogens is 443 g/mol. The second kappa shape index (κ2) is 8.94. The third kappa shape index (κ3) is 4.73. The molecule has 3 aromatic rings. The number of rotatable bonds is 7. The summed E-state index contributed by atoms with van der Waals surface area (Å²) in [5.41, 5.74) is 1.59. The van der Waals surface area contributed by atoms with E-state index in [0.717, 1.165) is 9.82 Å². The molecule has 2 aromatic carbocycles. The number of imidazole rings is 1. The first-order chi connectivity index (χ1) is 14.5. The van der Waals surface area contributed by atoms with Crippen LogP contribution in [0.15, 0.2) is 41.3 Å². The average molecular weight is 467 g/mol. The number of hydrogen-bond acceptors (Lipinski definition) is 4. The number of benzene rings is 2. The van der Waals surface area contributed by atoms with Crippen molar-refractivity contribution in [1.82, 2.24) is 18.8 Å². The highest BCUT2D eigenvalue weighted by Crippen LogP contribution is 2.23. The van der Waals surface area contributed by atoms with Gasteiger partial charge < -0.3 is 9.47 Å². The lowest BCUT2D eigenvalue weighted by atomic mass is 10.2. The average Bonchev–Trinajstić information content (AvgIpc) is 3.03. The summed E-state index contributed by atoms with van der Waals surface area (Å²) in [6.07, 6.45) is 0.526. The molecule has 1 aromatic heterocycles. The molecular formula is C21H24ClFN4O3S. The van der Waals surface area contributed by atoms with Crippen molar-refractivity contribution >= 4 is 38.6 Å². The number of nitrogens with zero attached hydrogens (tertiary/aromatic N) is 4. The van der Waals surface area contributed by atoms with E-state index in [1.165, 1.54) is 37.2 Å². The van der Waals surface area contributed by atoms with Gasteiger partial charge >= 0.3 is 0 Å². The molecule has 1 amide bonds. The molecule has 31 heavy (non-hydrogen) atoms. The Bertz CT molecular complexity index is 1220. The minimum atomic E-state index is -3.56. The van der Waals surface area contributed by atoms with Crippen LogP contribution in [0.5, 0.6) is 0 Å². The normalized spacial score (nSPS) is 12.0. The molecule has 0 saturated carbocycles. The van der Waals surface area contributed by atoms with Crippen LogP contribution in [0.2, 0.25) is 5.02 Å². The Morgan fingerprint density at radius 1 is 1.19 bits per heavy atom. The van der Waals surface area contributed by atoms with Crippen molar-refractivity contribution < 1.29 is 17.6 Å². The standard InChI is InChI=1S/C21H24ClFN4O3S/c1-25(2)31(29,30)14-8-9-19-18(12-14)24-20(27(19)4)10-11-21(28)26(3)13-15-16(22)6-5-7-17(15)23/h5-9,12H,10-11,13H2,1-4H3. The molecule has 0 spiro atoms. The fourth-order valence-electron chi connectivity index (χ4n) is 3.24. The van der Waals surface area contributed by atoms with Crippen LogP contribution in [0.4, 0.5) is 4.39 Å². The molecule has 1 heterocycles. The van der Waals surface area contributed by atoms with Crippen molar-refractivity contribution in [2.45, 2.75) is 24.3 Å². The molecule has 0 aliphatic heterocycles. The van der Waals surface area contributed by atoms with E-state index in [-0.39, 0.29) is 34.4 Å². The molecule has 0 saturated heterocycles. The molecule has 0 atom stereocenters. The van der Waals surface area contributed by atoms with Crippen LogP contribution >= 0.6 is 11.6 Å². The molecule has 0 radical (unpaired) electrons. The van der Waals surface area contributed by atoms with Gasteiger partial charge in [-0.25, -0.2) is 22.1 Å². The van der Waals surface area contributed by atoms with Gasteiger partial charge in [-0.2, -0.15) is 0 Å². The van der Waals surface area contributed by atoms with Crippen LogP contribution < -0.4 is 0 Å². The molecule has 3 rings (SSSR count). The Kier molecular flexibility index (Phi) is 6.68. The second-order valence-electron chi connectivity index (χ2n) is 7.48. The lowest BCUT2D eigenvalue weighted by Gasteiger charge is -2.18. The van der Waals surface area contributed by atoms with E-state index in [4.69, 9.17) is 11.6 Å². The van der Waals surface area contributed by atoms with E-state index in [9.17, 15) is 17.6 Å². The fourth-order valence-corrected chi connectivity index (χ4v) is 4.39. The lowest BCUT2D eigenvalue weighted by molar-refractivity contribution is -0.130. The second-order valence-corrected chi connectivity index (χ2v) is 10.0. The summed E-state index contributed by atoms with van der Waals surface area (Å²) in [6.45, 7) is 0.0681. The van der Waals surface area contributed by atoms with Gasteiger partial charge in [0, 0.05) is 58.2 Å². The lowest BCUT2D eigenvalue weighted by Crippen LogP contribution is -2.27. The van der Waals surface area contributed by atoms with Crippen molar-refractivity contribution in [3.8, 4) is 0 Å². The highest BCUT2D eigenvalue weighted by atomic mass is 35.5. The molecule has 0 N–H and O–H groups in total. The number of aryl methyl sites for hydroxylation is 2. The number of carbonyl (C=O) groups is 1. The van der Waals surface area contributed by atoms with E-state index in [0.29, 0.717) is 17.8 Å². The monoisotopic (exact) mass is 466 g/mol. The summed E-state index contributed by atoms with van der Waals surface area (Å²) in [4.78, 5) is 18.7. The quantitative estimate of drug-likeness (QED) is 0.536. The number of amides is 1. The SMILES string of the molecule is CN(Cc1c(F)cccc1Cl)C(=O)CCc1nc2cc(S(=O)(=O)N(C)C)ccc2n1C. The van der Waals surface area contributed by atoms with Crippen LogP contribution in [0, 0.1) is 5.82 Å². The van der Waals surface area contributed by atoms with Crippen LogP contribution in [0.25, 0.3) is 11.0 Å². The summed E-state index contributed by atoms with van der Waals surface area (Å²) in [7, 11) is 2.79. The maximum absolute atomic E-state index is 14.0. The summed E-state index contributed by atoms with van der Waals surface area (Å²) < 4.78 is 41.7. The summed E-state index contributed by atoms with van der Waals surface area (Å²) in [6, 6.07) is 9.19. The third-order valence-electron chi connectivity index (χ3n) is 5.17. The smallest absolute Gasteiger partial charge is 0.242 e. The van der Waals surface area contributed by atoms with Crippen LogP contribution in [-0.4, -0.2) is 54.2 Å². The number of carbonyl (C=O) groups excluding carboxylic acids is 1. The first-order valence-electron chi connectivity index (χ1n) is 9.57. The number of hydrogen-bond donors (Lipinski definition) is 0. The predicted molar refractivity (Wildman–Crippen MR) is 118 cm³/mol. The van der Waals surface area contributed by atoms with Crippen LogP contribution in [-0.2, 0) is 34.8 Å². The van der Waals surface area contributed by atoms with E-state index < -0.39 is 15.8 Å². The van der Waals surface area contributed by atoms with E-state index in [1.54, 1.807) is 25.2 Å². The van der Waals surface area contributed by atoms with Gasteiger partial charge in [0.25, 0.3) is 0 Å². The van der Waals surface area contributed by atoms with Crippen molar-refractivity contribution in [2.75, 3.05) is 21.1 Å². The molecule has 0 aliphatic rings. The molecule has 7 nitrogen and oxygen atoms in total. The number of sulfonamides is 1. The van der Waals surface area contributed by atoms with E-state index in [2.05, 4.69) is 4.98 Å². The highest BCUT2D eigenvalue weighted by molar-refractivity contribution is 7.89. The van der Waals surface area contributed by atoms with Crippen molar-refractivity contribution in [1.29, 1.82) is 0 Å². The van der Waals surface area contributed by atoms with Crippen LogP contribution in [0.1, 0.15) is 17.8 Å². The Hall–Kier alpha value is -2.49. The minimum Gasteiger partial charge on any atom is -0.341 e. The Morgan fingerprint density at radius 3 is 2.55 bits per heavy atom. The topological polar surface area (TPSA) is 75.5 Å². The third-order valence-corrected chi connectivity index (χ3v) is 7.33. The Morgan fingerprint density at radius 2 is 1.90 bits per heavy atom. The van der Waals surface area contributed by atoms with Gasteiger partial charge in [0.15, 0.2) is 0 Å². The maximum Gasteiger partial charge on any atom is 0.242 e. The maximum atomic E-state index is 14.0. The largest absolute Gasteiger partial charge is 0.341 e. The molecule has 0 fully saturated rings. The molecule has 10 heteroatoms. The molecule has 0 bridgehead atoms. The predicted octanol–water partition coefficient (Wildman–Crippen LogP) is 3.21. The fraction of sp³-hybridized carbons (Fsp3) is 0.333. The number of aromatic nitrogens is 2. The van der Waals surface area contributed by atoms with Gasteiger partial charge in [0.1, 0.15) is 11.6 Å². The molecule has 0 aliphatic carbocycles. The highest BCUT2D eigenvalue weighted by Gasteiger charge is 2.20. The number of fused-ring (bicyclic) bond motifs is 1. The van der Waals surface area contributed by atoms with Crippen LogP contribution in [0.3, 0.4) is 0 Å². The van der Waals surface area contributed by atoms with Gasteiger partial charge in [0.2, 0.25) is 15.9 Å². The van der Waals surface area contributed by atoms with E-state index >= 15 is 0 Å².